The first-order valence-corrected chi connectivity index (χ1v) is 11.8. The molecule has 0 unspecified atom stereocenters. The number of para-hydroxylation sites is 1. The monoisotopic (exact) mass is 422 g/mol. The van der Waals surface area contributed by atoms with Crippen LogP contribution in [0, 0.1) is 0 Å². The van der Waals surface area contributed by atoms with Gasteiger partial charge in [-0.25, -0.2) is 13.4 Å². The molecule has 4 aromatic rings. The Hall–Kier alpha value is -3.03. The van der Waals surface area contributed by atoms with E-state index in [1.165, 1.54) is 6.26 Å². The molecule has 1 aromatic heterocycles. The Morgan fingerprint density at radius 2 is 1.76 bits per heavy atom. The molecule has 0 fully saturated rings. The molecule has 3 aromatic carbocycles. The van der Waals surface area contributed by atoms with E-state index in [4.69, 9.17) is 0 Å². The fourth-order valence-electron chi connectivity index (χ4n) is 2.98. The summed E-state index contributed by atoms with van der Waals surface area (Å²) in [4.78, 5) is 17.2. The van der Waals surface area contributed by atoms with Crippen LogP contribution in [0.1, 0.15) is 15.9 Å². The third kappa shape index (κ3) is 4.70. The van der Waals surface area contributed by atoms with E-state index in [2.05, 4.69) is 10.3 Å². The topological polar surface area (TPSA) is 76.1 Å². The van der Waals surface area contributed by atoms with Crippen molar-refractivity contribution in [3.8, 4) is 10.6 Å². The number of carbonyl (C=O) groups is 1. The van der Waals surface area contributed by atoms with Gasteiger partial charge < -0.3 is 5.32 Å². The number of anilines is 1. The summed E-state index contributed by atoms with van der Waals surface area (Å²) in [6.45, 7) is 0. The molecule has 0 aliphatic carbocycles. The van der Waals surface area contributed by atoms with Crippen LogP contribution >= 0.6 is 11.3 Å². The third-order valence-corrected chi connectivity index (χ3v) is 6.25. The van der Waals surface area contributed by atoms with Crippen molar-refractivity contribution in [3.05, 3.63) is 83.9 Å². The minimum absolute atomic E-state index is 0.0425. The number of nitrogens with one attached hydrogen (secondary N) is 1. The second-order valence-electron chi connectivity index (χ2n) is 6.79. The zero-order chi connectivity index (χ0) is 20.4. The Bertz CT molecular complexity index is 1260. The van der Waals surface area contributed by atoms with Crippen molar-refractivity contribution in [2.24, 2.45) is 0 Å². The zero-order valence-corrected chi connectivity index (χ0v) is 17.3. The van der Waals surface area contributed by atoms with Crippen molar-refractivity contribution >= 4 is 43.0 Å². The fraction of sp³-hybridized carbons (Fsp3) is 0.0909. The number of hydrogen-bond donors (Lipinski definition) is 1. The molecule has 7 heteroatoms. The highest BCUT2D eigenvalue weighted by Crippen LogP contribution is 2.31. The molecule has 4 rings (SSSR count). The second-order valence-corrected chi connectivity index (χ2v) is 9.96. The summed E-state index contributed by atoms with van der Waals surface area (Å²) in [7, 11) is -3.11. The normalized spacial score (nSPS) is 11.5. The van der Waals surface area contributed by atoms with E-state index in [1.54, 1.807) is 35.6 Å². The third-order valence-electron chi connectivity index (χ3n) is 4.31. The molecule has 0 aliphatic heterocycles. The molecule has 0 bridgehead atoms. The van der Waals surface area contributed by atoms with Crippen molar-refractivity contribution in [1.29, 1.82) is 0 Å². The standard InChI is InChI=1S/C22H18N2O3S2/c1-29(26,27)14-15-9-11-16(12-10-15)21(25)23-18-6-4-5-17(13-18)22-24-19-7-2-3-8-20(19)28-22/h2-13H,14H2,1H3,(H,23,25). The number of benzene rings is 3. The number of nitrogens with zero attached hydrogens (tertiary/aromatic N) is 1. The summed E-state index contributed by atoms with van der Waals surface area (Å²) >= 11 is 1.61. The summed E-state index contributed by atoms with van der Waals surface area (Å²) in [5.41, 5.74) is 3.69. The molecule has 1 heterocycles. The Balaban J connectivity index is 1.52. The van der Waals surface area contributed by atoms with Crippen molar-refractivity contribution < 1.29 is 13.2 Å². The lowest BCUT2D eigenvalue weighted by Gasteiger charge is -2.07. The van der Waals surface area contributed by atoms with E-state index in [1.807, 2.05) is 48.5 Å². The van der Waals surface area contributed by atoms with Gasteiger partial charge in [-0.15, -0.1) is 11.3 Å². The van der Waals surface area contributed by atoms with Crippen molar-refractivity contribution in [2.75, 3.05) is 11.6 Å². The molecular weight excluding hydrogens is 404 g/mol. The van der Waals surface area contributed by atoms with E-state index in [0.717, 1.165) is 20.8 Å². The van der Waals surface area contributed by atoms with Crippen LogP contribution in [0.3, 0.4) is 0 Å². The summed E-state index contributed by atoms with van der Waals surface area (Å²) in [6.07, 6.45) is 1.19. The number of hydrogen-bond acceptors (Lipinski definition) is 5. The first-order chi connectivity index (χ1) is 13.9. The first kappa shape index (κ1) is 19.3. The van der Waals surface area contributed by atoms with Crippen LogP contribution in [-0.4, -0.2) is 25.6 Å². The molecule has 0 atom stereocenters. The number of carbonyl (C=O) groups excluding carboxylic acids is 1. The van der Waals surface area contributed by atoms with Gasteiger partial charge >= 0.3 is 0 Å². The highest BCUT2D eigenvalue weighted by atomic mass is 32.2. The predicted molar refractivity (Wildman–Crippen MR) is 118 cm³/mol. The highest BCUT2D eigenvalue weighted by molar-refractivity contribution is 7.89. The lowest BCUT2D eigenvalue weighted by molar-refractivity contribution is 0.102. The van der Waals surface area contributed by atoms with Gasteiger partial charge in [0.25, 0.3) is 5.91 Å². The molecule has 146 valence electrons. The number of rotatable bonds is 5. The lowest BCUT2D eigenvalue weighted by Crippen LogP contribution is -2.12. The van der Waals surface area contributed by atoms with Crippen LogP contribution < -0.4 is 5.32 Å². The quantitative estimate of drug-likeness (QED) is 0.503. The number of thiazole rings is 1. The van der Waals surface area contributed by atoms with Gasteiger partial charge in [-0.1, -0.05) is 36.4 Å². The smallest absolute Gasteiger partial charge is 0.255 e. The van der Waals surface area contributed by atoms with Gasteiger partial charge in [0.05, 0.1) is 16.0 Å². The van der Waals surface area contributed by atoms with E-state index < -0.39 is 9.84 Å². The van der Waals surface area contributed by atoms with Gasteiger partial charge in [0.2, 0.25) is 0 Å². The molecule has 0 saturated heterocycles. The highest BCUT2D eigenvalue weighted by Gasteiger charge is 2.10. The number of amides is 1. The Morgan fingerprint density at radius 1 is 1.00 bits per heavy atom. The lowest BCUT2D eigenvalue weighted by atomic mass is 10.1. The minimum Gasteiger partial charge on any atom is -0.322 e. The summed E-state index contributed by atoms with van der Waals surface area (Å²) in [6, 6.07) is 22.1. The molecule has 0 saturated carbocycles. The van der Waals surface area contributed by atoms with Gasteiger partial charge in [-0.2, -0.15) is 0 Å². The van der Waals surface area contributed by atoms with Gasteiger partial charge in [-0.05, 0) is 42.0 Å². The molecule has 1 amide bonds. The second kappa shape index (κ2) is 7.77. The van der Waals surface area contributed by atoms with Crippen molar-refractivity contribution in [3.63, 3.8) is 0 Å². The van der Waals surface area contributed by atoms with Crippen LogP contribution in [0.2, 0.25) is 0 Å². The number of aromatic nitrogens is 1. The van der Waals surface area contributed by atoms with Gasteiger partial charge in [0.1, 0.15) is 5.01 Å². The Kier molecular flexibility index (Phi) is 5.17. The van der Waals surface area contributed by atoms with Crippen LogP contribution in [0.25, 0.3) is 20.8 Å². The molecule has 0 aliphatic rings. The predicted octanol–water partition coefficient (Wildman–Crippen LogP) is 4.76. The number of sulfone groups is 1. The molecule has 5 nitrogen and oxygen atoms in total. The van der Waals surface area contributed by atoms with E-state index in [0.29, 0.717) is 16.8 Å². The molecule has 1 N–H and O–H groups in total. The van der Waals surface area contributed by atoms with E-state index >= 15 is 0 Å². The number of fused-ring (bicyclic) bond motifs is 1. The average molecular weight is 423 g/mol. The largest absolute Gasteiger partial charge is 0.322 e. The Morgan fingerprint density at radius 3 is 2.48 bits per heavy atom. The van der Waals surface area contributed by atoms with E-state index in [9.17, 15) is 13.2 Å². The zero-order valence-electron chi connectivity index (χ0n) is 15.6. The van der Waals surface area contributed by atoms with Gasteiger partial charge in [-0.3, -0.25) is 4.79 Å². The SMILES string of the molecule is CS(=O)(=O)Cc1ccc(C(=O)Nc2cccc(-c3nc4ccccc4s3)c2)cc1. The van der Waals surface area contributed by atoms with Crippen LogP contribution in [0.4, 0.5) is 5.69 Å². The fourth-order valence-corrected chi connectivity index (χ4v) is 4.74. The summed E-state index contributed by atoms with van der Waals surface area (Å²) in [5, 5.41) is 3.79. The molecule has 29 heavy (non-hydrogen) atoms. The van der Waals surface area contributed by atoms with Crippen LogP contribution in [0.5, 0.6) is 0 Å². The first-order valence-electron chi connectivity index (χ1n) is 8.91. The van der Waals surface area contributed by atoms with Gasteiger partial charge in [0, 0.05) is 23.1 Å². The van der Waals surface area contributed by atoms with Crippen LogP contribution in [-0.2, 0) is 15.6 Å². The molecule has 0 spiro atoms. The van der Waals surface area contributed by atoms with Gasteiger partial charge in [0.15, 0.2) is 9.84 Å². The maximum absolute atomic E-state index is 12.6. The summed E-state index contributed by atoms with van der Waals surface area (Å²) < 4.78 is 23.9. The molecular formula is C22H18N2O3S2. The summed E-state index contributed by atoms with van der Waals surface area (Å²) in [5.74, 6) is -0.295. The van der Waals surface area contributed by atoms with E-state index in [-0.39, 0.29) is 11.7 Å². The average Bonchev–Trinajstić information content (AvgIpc) is 3.12. The van der Waals surface area contributed by atoms with Crippen LogP contribution in [0.15, 0.2) is 72.8 Å². The minimum atomic E-state index is -3.11. The molecule has 0 radical (unpaired) electrons. The Labute approximate surface area is 173 Å². The van der Waals surface area contributed by atoms with Crippen molar-refractivity contribution in [2.45, 2.75) is 5.75 Å². The maximum atomic E-state index is 12.6. The maximum Gasteiger partial charge on any atom is 0.255 e. The van der Waals surface area contributed by atoms with Crippen molar-refractivity contribution in [1.82, 2.24) is 4.98 Å².